The number of para-hydroxylation sites is 1. The van der Waals surface area contributed by atoms with E-state index < -0.39 is 5.97 Å². The van der Waals surface area contributed by atoms with E-state index in [-0.39, 0.29) is 18.4 Å². The van der Waals surface area contributed by atoms with Crippen molar-refractivity contribution >= 4 is 23.5 Å². The molecule has 0 aromatic heterocycles. The standard InChI is InChI=1S/C18H18N2O4/c1-20(12-16(21)19-15-6-4-3-5-7-15)17(22)13-8-10-14(11-9-13)18(23)24-2/h3-11H,12H2,1-2H3,(H,19,21). The molecule has 0 radical (unpaired) electrons. The van der Waals surface area contributed by atoms with Gasteiger partial charge in [-0.25, -0.2) is 4.79 Å². The molecule has 0 unspecified atom stereocenters. The number of methoxy groups -OCH3 is 1. The maximum Gasteiger partial charge on any atom is 0.337 e. The van der Waals surface area contributed by atoms with Gasteiger partial charge in [0.15, 0.2) is 0 Å². The Morgan fingerprint density at radius 3 is 2.12 bits per heavy atom. The molecule has 2 aromatic carbocycles. The van der Waals surface area contributed by atoms with Crippen molar-refractivity contribution in [2.24, 2.45) is 0 Å². The first-order valence-electron chi connectivity index (χ1n) is 7.30. The third-order valence-corrected chi connectivity index (χ3v) is 3.34. The summed E-state index contributed by atoms with van der Waals surface area (Å²) in [7, 11) is 2.83. The Balaban J connectivity index is 1.96. The molecule has 0 aliphatic heterocycles. The van der Waals surface area contributed by atoms with Gasteiger partial charge in [-0.1, -0.05) is 18.2 Å². The summed E-state index contributed by atoms with van der Waals surface area (Å²) in [5, 5.41) is 2.72. The van der Waals surface area contributed by atoms with Crippen LogP contribution in [0.2, 0.25) is 0 Å². The van der Waals surface area contributed by atoms with Crippen LogP contribution in [0.25, 0.3) is 0 Å². The number of hydrogen-bond donors (Lipinski definition) is 1. The number of carbonyl (C=O) groups excluding carboxylic acids is 3. The van der Waals surface area contributed by atoms with E-state index in [9.17, 15) is 14.4 Å². The molecule has 2 aromatic rings. The van der Waals surface area contributed by atoms with E-state index in [1.165, 1.54) is 36.3 Å². The van der Waals surface area contributed by atoms with Crippen molar-refractivity contribution in [2.75, 3.05) is 26.0 Å². The van der Waals surface area contributed by atoms with Crippen molar-refractivity contribution in [1.29, 1.82) is 0 Å². The Bertz CT molecular complexity index is 726. The zero-order valence-corrected chi connectivity index (χ0v) is 13.5. The summed E-state index contributed by atoms with van der Waals surface area (Å²) < 4.78 is 4.61. The summed E-state index contributed by atoms with van der Waals surface area (Å²) in [5.41, 5.74) is 1.42. The monoisotopic (exact) mass is 326 g/mol. The highest BCUT2D eigenvalue weighted by Crippen LogP contribution is 2.09. The van der Waals surface area contributed by atoms with Gasteiger partial charge < -0.3 is 15.0 Å². The Hall–Kier alpha value is -3.15. The molecule has 0 fully saturated rings. The summed E-state index contributed by atoms with van der Waals surface area (Å²) in [6, 6.07) is 15.1. The van der Waals surface area contributed by atoms with Crippen LogP contribution < -0.4 is 5.32 Å². The quantitative estimate of drug-likeness (QED) is 0.855. The lowest BCUT2D eigenvalue weighted by Crippen LogP contribution is -2.34. The van der Waals surface area contributed by atoms with Crippen LogP contribution in [0.1, 0.15) is 20.7 Å². The van der Waals surface area contributed by atoms with Gasteiger partial charge in [0.1, 0.15) is 0 Å². The van der Waals surface area contributed by atoms with E-state index in [2.05, 4.69) is 10.1 Å². The number of nitrogens with zero attached hydrogens (tertiary/aromatic N) is 1. The Kier molecular flexibility index (Phi) is 5.68. The number of hydrogen-bond acceptors (Lipinski definition) is 4. The van der Waals surface area contributed by atoms with E-state index in [0.29, 0.717) is 16.8 Å². The lowest BCUT2D eigenvalue weighted by Gasteiger charge is -2.17. The van der Waals surface area contributed by atoms with Crippen molar-refractivity contribution in [1.82, 2.24) is 4.90 Å². The zero-order valence-electron chi connectivity index (χ0n) is 13.5. The first-order chi connectivity index (χ1) is 11.5. The van der Waals surface area contributed by atoms with Crippen LogP contribution >= 0.6 is 0 Å². The molecule has 0 atom stereocenters. The largest absolute Gasteiger partial charge is 0.465 e. The Labute approximate surface area is 140 Å². The maximum absolute atomic E-state index is 12.3. The number of esters is 1. The van der Waals surface area contributed by atoms with Gasteiger partial charge in [0.05, 0.1) is 19.2 Å². The number of benzene rings is 2. The summed E-state index contributed by atoms with van der Waals surface area (Å²) in [5.74, 6) is -1.07. The molecule has 0 aliphatic carbocycles. The van der Waals surface area contributed by atoms with Crippen molar-refractivity contribution in [3.8, 4) is 0 Å². The predicted octanol–water partition coefficient (Wildman–Crippen LogP) is 2.18. The number of anilines is 1. The molecule has 0 bridgehead atoms. The van der Waals surface area contributed by atoms with E-state index >= 15 is 0 Å². The highest BCUT2D eigenvalue weighted by atomic mass is 16.5. The molecular formula is C18H18N2O4. The van der Waals surface area contributed by atoms with Gasteiger partial charge in [-0.15, -0.1) is 0 Å². The smallest absolute Gasteiger partial charge is 0.337 e. The number of amides is 2. The Morgan fingerprint density at radius 2 is 1.54 bits per heavy atom. The average molecular weight is 326 g/mol. The molecule has 0 spiro atoms. The van der Waals surface area contributed by atoms with Gasteiger partial charge in [0.25, 0.3) is 5.91 Å². The van der Waals surface area contributed by atoms with Crippen molar-refractivity contribution in [2.45, 2.75) is 0 Å². The molecule has 2 rings (SSSR count). The van der Waals surface area contributed by atoms with Crippen LogP contribution in [-0.2, 0) is 9.53 Å². The van der Waals surface area contributed by atoms with Gasteiger partial charge in [-0.05, 0) is 36.4 Å². The number of ether oxygens (including phenoxy) is 1. The maximum atomic E-state index is 12.3. The fraction of sp³-hybridized carbons (Fsp3) is 0.167. The first-order valence-corrected chi connectivity index (χ1v) is 7.30. The van der Waals surface area contributed by atoms with E-state index in [1.807, 2.05) is 18.2 Å². The fourth-order valence-corrected chi connectivity index (χ4v) is 2.10. The van der Waals surface area contributed by atoms with Crippen molar-refractivity contribution in [3.05, 3.63) is 65.7 Å². The zero-order chi connectivity index (χ0) is 17.5. The van der Waals surface area contributed by atoms with E-state index in [4.69, 9.17) is 0 Å². The molecule has 1 N–H and O–H groups in total. The van der Waals surface area contributed by atoms with Crippen molar-refractivity contribution < 1.29 is 19.1 Å². The van der Waals surface area contributed by atoms with Gasteiger partial charge >= 0.3 is 5.97 Å². The molecule has 0 heterocycles. The molecule has 0 saturated heterocycles. The summed E-state index contributed by atoms with van der Waals surface area (Å²) in [6.45, 7) is -0.0769. The fourth-order valence-electron chi connectivity index (χ4n) is 2.10. The minimum atomic E-state index is -0.468. The van der Waals surface area contributed by atoms with E-state index in [0.717, 1.165) is 0 Å². The first kappa shape index (κ1) is 17.2. The lowest BCUT2D eigenvalue weighted by molar-refractivity contribution is -0.116. The number of rotatable bonds is 5. The molecule has 24 heavy (non-hydrogen) atoms. The van der Waals surface area contributed by atoms with Crippen LogP contribution in [0.3, 0.4) is 0 Å². The van der Waals surface area contributed by atoms with Crippen LogP contribution in [0, 0.1) is 0 Å². The van der Waals surface area contributed by atoms with Gasteiger partial charge in [0, 0.05) is 18.3 Å². The van der Waals surface area contributed by atoms with Crippen LogP contribution in [0.5, 0.6) is 0 Å². The SMILES string of the molecule is COC(=O)c1ccc(C(=O)N(C)CC(=O)Nc2ccccc2)cc1. The van der Waals surface area contributed by atoms with Crippen LogP contribution in [0.15, 0.2) is 54.6 Å². The summed E-state index contributed by atoms with van der Waals surface area (Å²) in [6.07, 6.45) is 0. The topological polar surface area (TPSA) is 75.7 Å². The molecule has 6 heteroatoms. The van der Waals surface area contributed by atoms with Crippen molar-refractivity contribution in [3.63, 3.8) is 0 Å². The normalized spacial score (nSPS) is 9.92. The third-order valence-electron chi connectivity index (χ3n) is 3.34. The molecule has 0 aliphatic rings. The third kappa shape index (κ3) is 4.42. The number of nitrogens with one attached hydrogen (secondary N) is 1. The van der Waals surface area contributed by atoms with Gasteiger partial charge in [-0.3, -0.25) is 9.59 Å². The van der Waals surface area contributed by atoms with Gasteiger partial charge in [-0.2, -0.15) is 0 Å². The van der Waals surface area contributed by atoms with Gasteiger partial charge in [0.2, 0.25) is 5.91 Å². The minimum Gasteiger partial charge on any atom is -0.465 e. The predicted molar refractivity (Wildman–Crippen MR) is 89.8 cm³/mol. The second-order valence-electron chi connectivity index (χ2n) is 5.14. The number of likely N-dealkylation sites (N-methyl/N-ethyl adjacent to an activating group) is 1. The molecule has 124 valence electrons. The summed E-state index contributed by atoms with van der Waals surface area (Å²) >= 11 is 0. The second kappa shape index (κ2) is 7.92. The minimum absolute atomic E-state index is 0.0769. The highest BCUT2D eigenvalue weighted by Gasteiger charge is 2.16. The average Bonchev–Trinajstić information content (AvgIpc) is 2.61. The number of carbonyl (C=O) groups is 3. The summed E-state index contributed by atoms with van der Waals surface area (Å²) in [4.78, 5) is 37.0. The second-order valence-corrected chi connectivity index (χ2v) is 5.14. The van der Waals surface area contributed by atoms with Crippen LogP contribution in [0.4, 0.5) is 5.69 Å². The highest BCUT2D eigenvalue weighted by molar-refractivity contribution is 6.00. The molecule has 0 saturated carbocycles. The molecule has 6 nitrogen and oxygen atoms in total. The molecular weight excluding hydrogens is 308 g/mol. The Morgan fingerprint density at radius 1 is 0.958 bits per heavy atom. The molecule has 2 amide bonds. The van der Waals surface area contributed by atoms with E-state index in [1.54, 1.807) is 19.2 Å². The lowest BCUT2D eigenvalue weighted by atomic mass is 10.1. The van der Waals surface area contributed by atoms with Crippen LogP contribution in [-0.4, -0.2) is 43.4 Å².